The van der Waals surface area contributed by atoms with Crippen molar-refractivity contribution in [2.75, 3.05) is 11.1 Å². The van der Waals surface area contributed by atoms with E-state index in [1.807, 2.05) is 52.8 Å². The third-order valence-corrected chi connectivity index (χ3v) is 6.70. The van der Waals surface area contributed by atoms with Crippen molar-refractivity contribution in [3.8, 4) is 5.75 Å². The number of nitrogen functional groups attached to an aromatic ring is 1. The van der Waals surface area contributed by atoms with Gasteiger partial charge in [0.25, 0.3) is 0 Å². The Kier molecular flexibility index (Phi) is 6.03. The summed E-state index contributed by atoms with van der Waals surface area (Å²) < 4.78 is 0. The predicted octanol–water partition coefficient (Wildman–Crippen LogP) is 4.23. The molecule has 6 nitrogen and oxygen atoms in total. The molecule has 2 aromatic carbocycles. The number of hydrogen-bond donors (Lipinski definition) is 3. The first-order valence-corrected chi connectivity index (χ1v) is 10.7. The second-order valence-electron chi connectivity index (χ2n) is 9.25. The number of carbonyl (C=O) groups excluding carboxylic acids is 2. The zero-order valence-electron chi connectivity index (χ0n) is 19.3. The summed E-state index contributed by atoms with van der Waals surface area (Å²) in [5.41, 5.74) is 11.0. The molecule has 0 bridgehead atoms. The molecule has 1 aliphatic heterocycles. The number of rotatable bonds is 4. The fraction of sp³-hybridized carbons (Fsp3) is 0.440. The first kappa shape index (κ1) is 22.7. The molecule has 2 aromatic rings. The Hall–Kier alpha value is -3.02. The van der Waals surface area contributed by atoms with Crippen LogP contribution in [0.3, 0.4) is 0 Å². The summed E-state index contributed by atoms with van der Waals surface area (Å²) in [6, 6.07) is 6.81. The van der Waals surface area contributed by atoms with Crippen molar-refractivity contribution in [2.24, 2.45) is 5.41 Å². The number of fused-ring (bicyclic) bond motifs is 1. The number of aryl methyl sites for hydroxylation is 1. The van der Waals surface area contributed by atoms with Gasteiger partial charge >= 0.3 is 0 Å². The van der Waals surface area contributed by atoms with Crippen LogP contribution in [-0.2, 0) is 22.6 Å². The maximum absolute atomic E-state index is 13.4. The zero-order valence-corrected chi connectivity index (χ0v) is 19.3. The highest BCUT2D eigenvalue weighted by Gasteiger charge is 2.40. The lowest BCUT2D eigenvalue weighted by Gasteiger charge is -2.40. The van der Waals surface area contributed by atoms with Crippen molar-refractivity contribution in [2.45, 2.75) is 67.0 Å². The van der Waals surface area contributed by atoms with Gasteiger partial charge in [-0.3, -0.25) is 9.59 Å². The van der Waals surface area contributed by atoms with Gasteiger partial charge in [-0.1, -0.05) is 26.8 Å². The standard InChI is InChI=1S/C25H33N3O3/c1-7-25(5,6)24(31)28-13-18-11-19(26)9-8-17(18)12-21(28)23(30)27-20-10-14(2)22(29)16(4)15(20)3/h8-11,21,29H,7,12-13,26H2,1-6H3,(H,27,30)/t21-/m0/s1. The number of nitrogens with two attached hydrogens (primary N) is 1. The number of nitrogens with zero attached hydrogens (tertiary/aromatic N) is 1. The van der Waals surface area contributed by atoms with Gasteiger partial charge in [-0.25, -0.2) is 0 Å². The molecule has 0 aliphatic carbocycles. The van der Waals surface area contributed by atoms with Crippen molar-refractivity contribution >= 4 is 23.2 Å². The Labute approximate surface area is 184 Å². The topological polar surface area (TPSA) is 95.7 Å². The number of anilines is 2. The van der Waals surface area contributed by atoms with Crippen molar-refractivity contribution in [1.29, 1.82) is 0 Å². The molecule has 2 amide bonds. The minimum atomic E-state index is -0.622. The van der Waals surface area contributed by atoms with Gasteiger partial charge in [0.2, 0.25) is 11.8 Å². The molecule has 0 aromatic heterocycles. The van der Waals surface area contributed by atoms with Gasteiger partial charge in [-0.05, 0) is 73.2 Å². The molecule has 166 valence electrons. The molecule has 0 radical (unpaired) electrons. The first-order valence-electron chi connectivity index (χ1n) is 10.7. The Balaban J connectivity index is 1.98. The molecule has 3 rings (SSSR count). The van der Waals surface area contributed by atoms with E-state index < -0.39 is 11.5 Å². The number of hydrogen-bond acceptors (Lipinski definition) is 4. The third-order valence-electron chi connectivity index (χ3n) is 6.70. The van der Waals surface area contributed by atoms with Gasteiger partial charge in [0.05, 0.1) is 0 Å². The summed E-state index contributed by atoms with van der Waals surface area (Å²) >= 11 is 0. The van der Waals surface area contributed by atoms with Crippen LogP contribution in [0.5, 0.6) is 5.75 Å². The van der Waals surface area contributed by atoms with Crippen molar-refractivity contribution in [1.82, 2.24) is 4.90 Å². The maximum Gasteiger partial charge on any atom is 0.247 e. The van der Waals surface area contributed by atoms with E-state index in [0.29, 0.717) is 36.3 Å². The molecule has 0 spiro atoms. The smallest absolute Gasteiger partial charge is 0.247 e. The van der Waals surface area contributed by atoms with E-state index in [4.69, 9.17) is 5.73 Å². The average molecular weight is 424 g/mol. The molecule has 0 saturated carbocycles. The molecule has 0 fully saturated rings. The van der Waals surface area contributed by atoms with E-state index >= 15 is 0 Å². The van der Waals surface area contributed by atoms with Crippen molar-refractivity contribution in [3.05, 3.63) is 52.1 Å². The second-order valence-corrected chi connectivity index (χ2v) is 9.25. The van der Waals surface area contributed by atoms with Gasteiger partial charge in [-0.15, -0.1) is 0 Å². The summed E-state index contributed by atoms with van der Waals surface area (Å²) in [6.07, 6.45) is 1.11. The van der Waals surface area contributed by atoms with Gasteiger partial charge in [0.15, 0.2) is 0 Å². The molecule has 1 atom stereocenters. The predicted molar refractivity (Wildman–Crippen MR) is 124 cm³/mol. The van der Waals surface area contributed by atoms with Crippen LogP contribution in [0, 0.1) is 26.2 Å². The van der Waals surface area contributed by atoms with Gasteiger partial charge in [0.1, 0.15) is 11.8 Å². The number of carbonyl (C=O) groups is 2. The van der Waals surface area contributed by atoms with E-state index in [2.05, 4.69) is 5.32 Å². The van der Waals surface area contributed by atoms with Crippen LogP contribution in [0.4, 0.5) is 11.4 Å². The molecular weight excluding hydrogens is 390 g/mol. The van der Waals surface area contributed by atoms with E-state index in [1.54, 1.807) is 17.9 Å². The number of aromatic hydroxyl groups is 1. The lowest BCUT2D eigenvalue weighted by atomic mass is 9.85. The summed E-state index contributed by atoms with van der Waals surface area (Å²) in [7, 11) is 0. The second kappa shape index (κ2) is 8.25. The van der Waals surface area contributed by atoms with Crippen molar-refractivity contribution in [3.63, 3.8) is 0 Å². The van der Waals surface area contributed by atoms with Gasteiger partial charge in [-0.2, -0.15) is 0 Å². The maximum atomic E-state index is 13.4. The average Bonchev–Trinajstić information content (AvgIpc) is 2.74. The minimum absolute atomic E-state index is 0.0435. The highest BCUT2D eigenvalue weighted by Crippen LogP contribution is 2.33. The van der Waals surface area contributed by atoms with Gasteiger partial charge in [0, 0.05) is 29.8 Å². The molecule has 31 heavy (non-hydrogen) atoms. The quantitative estimate of drug-likeness (QED) is 0.507. The van der Waals surface area contributed by atoms with Crippen LogP contribution in [0.15, 0.2) is 24.3 Å². The Morgan fingerprint density at radius 2 is 1.84 bits per heavy atom. The fourth-order valence-electron chi connectivity index (χ4n) is 4.01. The van der Waals surface area contributed by atoms with Gasteiger partial charge < -0.3 is 21.1 Å². The van der Waals surface area contributed by atoms with Crippen LogP contribution in [-0.4, -0.2) is 27.9 Å². The van der Waals surface area contributed by atoms with E-state index in [0.717, 1.165) is 22.3 Å². The Bertz CT molecular complexity index is 1040. The number of amides is 2. The molecule has 0 unspecified atom stereocenters. The molecule has 0 saturated heterocycles. The molecule has 1 heterocycles. The van der Waals surface area contributed by atoms with Crippen LogP contribution in [0.1, 0.15) is 55.0 Å². The zero-order chi connectivity index (χ0) is 23.1. The van der Waals surface area contributed by atoms with Crippen LogP contribution < -0.4 is 11.1 Å². The first-order chi connectivity index (χ1) is 14.5. The molecule has 6 heteroatoms. The Morgan fingerprint density at radius 3 is 2.48 bits per heavy atom. The summed E-state index contributed by atoms with van der Waals surface area (Å²) in [6.45, 7) is 11.7. The summed E-state index contributed by atoms with van der Waals surface area (Å²) in [5.74, 6) is -0.0329. The Morgan fingerprint density at radius 1 is 1.16 bits per heavy atom. The van der Waals surface area contributed by atoms with Crippen LogP contribution in [0.2, 0.25) is 0 Å². The lowest BCUT2D eigenvalue weighted by Crippen LogP contribution is -2.54. The summed E-state index contributed by atoms with van der Waals surface area (Å²) in [5, 5.41) is 13.2. The monoisotopic (exact) mass is 423 g/mol. The van der Waals surface area contributed by atoms with Crippen LogP contribution >= 0.6 is 0 Å². The molecule has 4 N–H and O–H groups in total. The fourth-order valence-corrected chi connectivity index (χ4v) is 4.01. The highest BCUT2D eigenvalue weighted by molar-refractivity contribution is 5.99. The van der Waals surface area contributed by atoms with Crippen molar-refractivity contribution < 1.29 is 14.7 Å². The third kappa shape index (κ3) is 4.24. The van der Waals surface area contributed by atoms with E-state index in [-0.39, 0.29) is 17.6 Å². The highest BCUT2D eigenvalue weighted by atomic mass is 16.3. The lowest BCUT2D eigenvalue weighted by molar-refractivity contribution is -0.147. The number of phenols is 1. The molecular formula is C25H33N3O3. The number of phenolic OH excluding ortho intramolecular Hbond substituents is 1. The van der Waals surface area contributed by atoms with Crippen LogP contribution in [0.25, 0.3) is 0 Å². The van der Waals surface area contributed by atoms with E-state index in [9.17, 15) is 14.7 Å². The normalized spacial score (nSPS) is 16.1. The summed E-state index contributed by atoms with van der Waals surface area (Å²) in [4.78, 5) is 28.5. The number of benzene rings is 2. The molecule has 1 aliphatic rings. The minimum Gasteiger partial charge on any atom is -0.507 e. The SMILES string of the molecule is CCC(C)(C)C(=O)N1Cc2cc(N)ccc2C[C@H]1C(=O)Nc1cc(C)c(O)c(C)c1C. The number of nitrogens with one attached hydrogen (secondary N) is 1. The largest absolute Gasteiger partial charge is 0.507 e. The van der Waals surface area contributed by atoms with E-state index in [1.165, 1.54) is 0 Å².